The number of rotatable bonds is 8. The molecule has 4 rings (SSSR count). The molecule has 0 aliphatic carbocycles. The smallest absolute Gasteiger partial charge is 0.242 e. The van der Waals surface area contributed by atoms with Crippen LogP contribution in [0.15, 0.2) is 77.3 Å². The van der Waals surface area contributed by atoms with E-state index in [4.69, 9.17) is 15.0 Å². The van der Waals surface area contributed by atoms with Crippen molar-refractivity contribution < 1.29 is 14.1 Å². The molecule has 4 aromatic rings. The second-order valence-electron chi connectivity index (χ2n) is 8.85. The maximum Gasteiger partial charge on any atom is 0.242 e. The summed E-state index contributed by atoms with van der Waals surface area (Å²) < 4.78 is 11.0. The number of carbonyl (C=O) groups is 1. The zero-order chi connectivity index (χ0) is 24.9. The molecule has 2 unspecified atom stereocenters. The normalized spacial score (nSPS) is 12.7. The minimum absolute atomic E-state index is 0.247. The van der Waals surface area contributed by atoms with E-state index in [1.807, 2.05) is 68.4 Å². The first kappa shape index (κ1) is 24.2. The second-order valence-corrected chi connectivity index (χ2v) is 8.85. The van der Waals surface area contributed by atoms with Crippen LogP contribution in [-0.2, 0) is 11.4 Å². The molecule has 6 heteroatoms. The third-order valence-corrected chi connectivity index (χ3v) is 6.24. The van der Waals surface area contributed by atoms with Crippen molar-refractivity contribution in [2.45, 2.75) is 46.4 Å². The molecule has 0 saturated carbocycles. The van der Waals surface area contributed by atoms with Crippen LogP contribution >= 0.6 is 0 Å². The highest BCUT2D eigenvalue weighted by molar-refractivity contribution is 5.83. The molecule has 6 nitrogen and oxygen atoms in total. The van der Waals surface area contributed by atoms with Gasteiger partial charge in [0.05, 0.1) is 17.3 Å². The molecular weight excluding hydrogens is 438 g/mol. The summed E-state index contributed by atoms with van der Waals surface area (Å²) in [5.74, 6) is 1.18. The van der Waals surface area contributed by atoms with Crippen LogP contribution in [0.3, 0.4) is 0 Å². The lowest BCUT2D eigenvalue weighted by Gasteiger charge is -2.24. The summed E-state index contributed by atoms with van der Waals surface area (Å²) >= 11 is 0. The van der Waals surface area contributed by atoms with E-state index in [2.05, 4.69) is 42.5 Å². The van der Waals surface area contributed by atoms with Gasteiger partial charge in [-0.2, -0.15) is 0 Å². The number of nitrogens with zero attached hydrogens (tertiary/aromatic N) is 1. The highest BCUT2D eigenvalue weighted by atomic mass is 16.5. The summed E-state index contributed by atoms with van der Waals surface area (Å²) in [5, 5.41) is 7.11. The first-order valence-electron chi connectivity index (χ1n) is 11.7. The SMILES string of the molecule is Cc1ccc(C(NC(=O)C(N)c2ccc(OCc3c(C)noc3C)cc2)c2ccccc2)c(C)c1. The number of aryl methyl sites for hydroxylation is 4. The van der Waals surface area contributed by atoms with Crippen molar-refractivity contribution in [3.05, 3.63) is 118 Å². The van der Waals surface area contributed by atoms with Crippen molar-refractivity contribution in [2.24, 2.45) is 5.73 Å². The number of hydrogen-bond acceptors (Lipinski definition) is 5. The number of carbonyl (C=O) groups excluding carboxylic acids is 1. The summed E-state index contributed by atoms with van der Waals surface area (Å²) in [4.78, 5) is 13.2. The Balaban J connectivity index is 1.48. The highest BCUT2D eigenvalue weighted by Crippen LogP contribution is 2.27. The van der Waals surface area contributed by atoms with Crippen LogP contribution in [0.25, 0.3) is 0 Å². The quantitative estimate of drug-likeness (QED) is 0.361. The van der Waals surface area contributed by atoms with Gasteiger partial charge in [-0.15, -0.1) is 0 Å². The second kappa shape index (κ2) is 10.6. The van der Waals surface area contributed by atoms with Crippen molar-refractivity contribution in [3.63, 3.8) is 0 Å². The first-order chi connectivity index (χ1) is 16.8. The Kier molecular flexibility index (Phi) is 7.32. The van der Waals surface area contributed by atoms with E-state index in [0.717, 1.165) is 33.7 Å². The van der Waals surface area contributed by atoms with Gasteiger partial charge in [0.25, 0.3) is 0 Å². The third kappa shape index (κ3) is 5.61. The van der Waals surface area contributed by atoms with Gasteiger partial charge in [0.1, 0.15) is 24.2 Å². The Labute approximate surface area is 206 Å². The van der Waals surface area contributed by atoms with Gasteiger partial charge < -0.3 is 20.3 Å². The summed E-state index contributed by atoms with van der Waals surface area (Å²) in [6, 6.07) is 22.4. The van der Waals surface area contributed by atoms with Gasteiger partial charge in [-0.25, -0.2) is 0 Å². The van der Waals surface area contributed by atoms with Crippen LogP contribution in [0.1, 0.15) is 56.9 Å². The van der Waals surface area contributed by atoms with Gasteiger partial charge in [0.15, 0.2) is 0 Å². The van der Waals surface area contributed by atoms with Crippen molar-refractivity contribution in [2.75, 3.05) is 0 Å². The lowest BCUT2D eigenvalue weighted by molar-refractivity contribution is -0.123. The molecule has 0 radical (unpaired) electrons. The Morgan fingerprint density at radius 2 is 1.69 bits per heavy atom. The summed E-state index contributed by atoms with van der Waals surface area (Å²) in [6.07, 6.45) is 0. The number of benzene rings is 3. The Morgan fingerprint density at radius 1 is 0.971 bits per heavy atom. The molecule has 1 amide bonds. The fourth-order valence-corrected chi connectivity index (χ4v) is 4.15. The molecule has 180 valence electrons. The molecule has 3 aromatic carbocycles. The molecule has 0 fully saturated rings. The maximum absolute atomic E-state index is 13.2. The van der Waals surface area contributed by atoms with E-state index >= 15 is 0 Å². The number of nitrogens with one attached hydrogen (secondary N) is 1. The fourth-order valence-electron chi connectivity index (χ4n) is 4.15. The maximum atomic E-state index is 13.2. The first-order valence-corrected chi connectivity index (χ1v) is 11.7. The lowest BCUT2D eigenvalue weighted by atomic mass is 9.93. The summed E-state index contributed by atoms with van der Waals surface area (Å²) in [6.45, 7) is 8.23. The summed E-state index contributed by atoms with van der Waals surface area (Å²) in [5.41, 5.74) is 13.2. The molecule has 2 atom stereocenters. The zero-order valence-corrected chi connectivity index (χ0v) is 20.5. The van der Waals surface area contributed by atoms with Gasteiger partial charge in [0.2, 0.25) is 5.91 Å². The van der Waals surface area contributed by atoms with E-state index in [0.29, 0.717) is 17.9 Å². The number of ether oxygens (including phenoxy) is 1. The Hall–Kier alpha value is -3.90. The molecule has 1 heterocycles. The zero-order valence-electron chi connectivity index (χ0n) is 20.5. The monoisotopic (exact) mass is 469 g/mol. The Bertz CT molecular complexity index is 1280. The van der Waals surface area contributed by atoms with Crippen molar-refractivity contribution in [1.29, 1.82) is 0 Å². The molecule has 0 spiro atoms. The minimum atomic E-state index is -0.816. The molecule has 3 N–H and O–H groups in total. The minimum Gasteiger partial charge on any atom is -0.489 e. The van der Waals surface area contributed by atoms with Crippen LogP contribution < -0.4 is 15.8 Å². The standard InChI is InChI=1S/C29H31N3O3/c1-18-10-15-25(19(2)16-18)28(23-8-6-5-7-9-23)31-29(33)27(30)22-11-13-24(14-12-22)34-17-26-20(3)32-35-21(26)4/h5-16,27-28H,17,30H2,1-4H3,(H,31,33). The van der Waals surface area contributed by atoms with E-state index < -0.39 is 6.04 Å². The number of aromatic nitrogens is 1. The largest absolute Gasteiger partial charge is 0.489 e. The topological polar surface area (TPSA) is 90.4 Å². The molecule has 0 bridgehead atoms. The van der Waals surface area contributed by atoms with Crippen LogP contribution in [0.5, 0.6) is 5.75 Å². The number of amides is 1. The van der Waals surface area contributed by atoms with Gasteiger partial charge in [-0.3, -0.25) is 4.79 Å². The average molecular weight is 470 g/mol. The molecule has 1 aromatic heterocycles. The molecule has 35 heavy (non-hydrogen) atoms. The average Bonchev–Trinajstić information content (AvgIpc) is 3.18. The third-order valence-electron chi connectivity index (χ3n) is 6.24. The lowest BCUT2D eigenvalue weighted by Crippen LogP contribution is -2.37. The molecule has 0 saturated heterocycles. The number of hydrogen-bond donors (Lipinski definition) is 2. The number of nitrogens with two attached hydrogens (primary N) is 1. The fraction of sp³-hybridized carbons (Fsp3) is 0.241. The van der Waals surface area contributed by atoms with Gasteiger partial charge in [-0.1, -0.05) is 71.4 Å². The van der Waals surface area contributed by atoms with Crippen molar-refractivity contribution in [1.82, 2.24) is 10.5 Å². The van der Waals surface area contributed by atoms with E-state index in [-0.39, 0.29) is 11.9 Å². The van der Waals surface area contributed by atoms with Crippen LogP contribution in [0.4, 0.5) is 0 Å². The molecule has 0 aliphatic rings. The van der Waals surface area contributed by atoms with E-state index in [1.165, 1.54) is 5.56 Å². The van der Waals surface area contributed by atoms with Crippen LogP contribution in [0, 0.1) is 27.7 Å². The summed E-state index contributed by atoms with van der Waals surface area (Å²) in [7, 11) is 0. The molecular formula is C29H31N3O3. The Morgan fingerprint density at radius 3 is 2.31 bits per heavy atom. The van der Waals surface area contributed by atoms with Gasteiger partial charge in [-0.05, 0) is 62.1 Å². The predicted molar refractivity (Wildman–Crippen MR) is 136 cm³/mol. The van der Waals surface area contributed by atoms with Crippen molar-refractivity contribution in [3.8, 4) is 5.75 Å². The highest BCUT2D eigenvalue weighted by Gasteiger charge is 2.23. The van der Waals surface area contributed by atoms with Gasteiger partial charge in [0, 0.05) is 0 Å². The van der Waals surface area contributed by atoms with Crippen LogP contribution in [-0.4, -0.2) is 11.1 Å². The van der Waals surface area contributed by atoms with E-state index in [9.17, 15) is 4.79 Å². The van der Waals surface area contributed by atoms with Crippen LogP contribution in [0.2, 0.25) is 0 Å². The van der Waals surface area contributed by atoms with E-state index in [1.54, 1.807) is 0 Å². The van der Waals surface area contributed by atoms with Gasteiger partial charge >= 0.3 is 0 Å². The van der Waals surface area contributed by atoms with Crippen molar-refractivity contribution >= 4 is 5.91 Å². The predicted octanol–water partition coefficient (Wildman–Crippen LogP) is 5.39. The molecule has 0 aliphatic heterocycles.